The SMILES string of the molecule is CC1(c2cc(CNc3ccccc3)no2)CC1. The van der Waals surface area contributed by atoms with E-state index < -0.39 is 0 Å². The topological polar surface area (TPSA) is 38.1 Å². The highest BCUT2D eigenvalue weighted by atomic mass is 16.5. The van der Waals surface area contributed by atoms with Gasteiger partial charge in [0.05, 0.1) is 6.54 Å². The Labute approximate surface area is 101 Å². The maximum Gasteiger partial charge on any atom is 0.142 e. The molecule has 0 aliphatic heterocycles. The number of aromatic nitrogens is 1. The molecule has 1 aromatic carbocycles. The average molecular weight is 228 g/mol. The zero-order valence-electron chi connectivity index (χ0n) is 9.94. The van der Waals surface area contributed by atoms with Gasteiger partial charge in [-0.1, -0.05) is 30.3 Å². The van der Waals surface area contributed by atoms with E-state index in [0.717, 1.165) is 17.1 Å². The van der Waals surface area contributed by atoms with Crippen molar-refractivity contribution in [1.29, 1.82) is 0 Å². The van der Waals surface area contributed by atoms with Gasteiger partial charge in [-0.05, 0) is 25.0 Å². The van der Waals surface area contributed by atoms with Crippen molar-refractivity contribution in [2.75, 3.05) is 5.32 Å². The summed E-state index contributed by atoms with van der Waals surface area (Å²) < 4.78 is 5.39. The van der Waals surface area contributed by atoms with Crippen LogP contribution in [0.3, 0.4) is 0 Å². The molecule has 0 amide bonds. The van der Waals surface area contributed by atoms with Crippen molar-refractivity contribution < 1.29 is 4.52 Å². The van der Waals surface area contributed by atoms with Crippen LogP contribution in [0.25, 0.3) is 0 Å². The molecule has 3 rings (SSSR count). The van der Waals surface area contributed by atoms with Gasteiger partial charge in [0.1, 0.15) is 11.5 Å². The Morgan fingerprint density at radius 3 is 2.76 bits per heavy atom. The first kappa shape index (κ1) is 10.4. The first-order valence-corrected chi connectivity index (χ1v) is 6.01. The van der Waals surface area contributed by atoms with E-state index in [4.69, 9.17) is 4.52 Å². The van der Waals surface area contributed by atoms with Crippen molar-refractivity contribution in [3.05, 3.63) is 47.9 Å². The Kier molecular flexibility index (Phi) is 2.39. The van der Waals surface area contributed by atoms with Crippen LogP contribution in [0.4, 0.5) is 5.69 Å². The number of rotatable bonds is 4. The third-order valence-corrected chi connectivity index (χ3v) is 3.40. The molecule has 1 aromatic heterocycles. The van der Waals surface area contributed by atoms with Gasteiger partial charge in [-0.3, -0.25) is 0 Å². The van der Waals surface area contributed by atoms with Gasteiger partial charge in [0.15, 0.2) is 0 Å². The van der Waals surface area contributed by atoms with E-state index in [1.807, 2.05) is 30.3 Å². The van der Waals surface area contributed by atoms with Crippen LogP contribution in [0.2, 0.25) is 0 Å². The summed E-state index contributed by atoms with van der Waals surface area (Å²) in [6.45, 7) is 2.94. The van der Waals surface area contributed by atoms with Crippen LogP contribution < -0.4 is 5.32 Å². The van der Waals surface area contributed by atoms with E-state index in [-0.39, 0.29) is 5.41 Å². The molecule has 1 heterocycles. The summed E-state index contributed by atoms with van der Waals surface area (Å²) in [5.74, 6) is 1.03. The fourth-order valence-electron chi connectivity index (χ4n) is 1.86. The summed E-state index contributed by atoms with van der Waals surface area (Å²) >= 11 is 0. The molecule has 1 aliphatic rings. The van der Waals surface area contributed by atoms with Gasteiger partial charge in [-0.15, -0.1) is 0 Å². The minimum absolute atomic E-state index is 0.262. The van der Waals surface area contributed by atoms with Crippen LogP contribution in [0.5, 0.6) is 0 Å². The summed E-state index contributed by atoms with van der Waals surface area (Å²) in [6, 6.07) is 12.2. The molecule has 3 nitrogen and oxygen atoms in total. The number of anilines is 1. The van der Waals surface area contributed by atoms with Crippen molar-refractivity contribution in [2.45, 2.75) is 31.7 Å². The molecule has 0 saturated heterocycles. The quantitative estimate of drug-likeness (QED) is 0.872. The van der Waals surface area contributed by atoms with Crippen molar-refractivity contribution in [1.82, 2.24) is 5.16 Å². The molecule has 1 fully saturated rings. The highest BCUT2D eigenvalue weighted by Crippen LogP contribution is 2.47. The van der Waals surface area contributed by atoms with Gasteiger partial charge in [0, 0.05) is 17.2 Å². The Bertz CT molecular complexity index is 500. The molecule has 0 bridgehead atoms. The standard InChI is InChI=1S/C14H16N2O/c1-14(7-8-14)13-9-12(16-17-13)10-15-11-5-3-2-4-6-11/h2-6,9,15H,7-8,10H2,1H3. The van der Waals surface area contributed by atoms with E-state index in [2.05, 4.69) is 23.5 Å². The third kappa shape index (κ3) is 2.18. The van der Waals surface area contributed by atoms with Crippen molar-refractivity contribution >= 4 is 5.69 Å². The first-order valence-electron chi connectivity index (χ1n) is 6.01. The van der Waals surface area contributed by atoms with Crippen LogP contribution in [0.1, 0.15) is 31.2 Å². The van der Waals surface area contributed by atoms with Gasteiger partial charge in [-0.25, -0.2) is 0 Å². The van der Waals surface area contributed by atoms with E-state index in [0.29, 0.717) is 6.54 Å². The van der Waals surface area contributed by atoms with Gasteiger partial charge in [-0.2, -0.15) is 0 Å². The van der Waals surface area contributed by atoms with Crippen molar-refractivity contribution in [2.24, 2.45) is 0 Å². The van der Waals surface area contributed by atoms with E-state index in [1.165, 1.54) is 12.8 Å². The summed E-state index contributed by atoms with van der Waals surface area (Å²) in [5.41, 5.74) is 2.34. The number of para-hydroxylation sites is 1. The Hall–Kier alpha value is -1.77. The lowest BCUT2D eigenvalue weighted by molar-refractivity contribution is 0.355. The number of benzene rings is 1. The van der Waals surface area contributed by atoms with Gasteiger partial charge < -0.3 is 9.84 Å². The number of hydrogen-bond acceptors (Lipinski definition) is 3. The minimum atomic E-state index is 0.262. The van der Waals surface area contributed by atoms with E-state index >= 15 is 0 Å². The number of hydrogen-bond donors (Lipinski definition) is 1. The van der Waals surface area contributed by atoms with Crippen LogP contribution in [0, 0.1) is 0 Å². The number of nitrogens with zero attached hydrogens (tertiary/aromatic N) is 1. The Balaban J connectivity index is 1.64. The average Bonchev–Trinajstić information content (AvgIpc) is 2.94. The van der Waals surface area contributed by atoms with Crippen LogP contribution in [-0.2, 0) is 12.0 Å². The molecule has 0 atom stereocenters. The lowest BCUT2D eigenvalue weighted by Gasteiger charge is -2.02. The molecule has 2 aromatic rings. The third-order valence-electron chi connectivity index (χ3n) is 3.40. The van der Waals surface area contributed by atoms with E-state index in [1.54, 1.807) is 0 Å². The number of nitrogens with one attached hydrogen (secondary N) is 1. The van der Waals surface area contributed by atoms with Crippen LogP contribution in [-0.4, -0.2) is 5.16 Å². The fraction of sp³-hybridized carbons (Fsp3) is 0.357. The van der Waals surface area contributed by atoms with Gasteiger partial charge >= 0.3 is 0 Å². The van der Waals surface area contributed by atoms with Gasteiger partial charge in [0.25, 0.3) is 0 Å². The van der Waals surface area contributed by atoms with Crippen molar-refractivity contribution in [3.63, 3.8) is 0 Å². The molecule has 17 heavy (non-hydrogen) atoms. The monoisotopic (exact) mass is 228 g/mol. The summed E-state index contributed by atoms with van der Waals surface area (Å²) in [4.78, 5) is 0. The molecular formula is C14H16N2O. The lowest BCUT2D eigenvalue weighted by atomic mass is 10.1. The second-order valence-electron chi connectivity index (χ2n) is 4.96. The molecule has 0 spiro atoms. The minimum Gasteiger partial charge on any atom is -0.379 e. The van der Waals surface area contributed by atoms with E-state index in [9.17, 15) is 0 Å². The second kappa shape index (κ2) is 3.91. The Morgan fingerprint density at radius 1 is 1.29 bits per heavy atom. The van der Waals surface area contributed by atoms with Crippen LogP contribution in [0.15, 0.2) is 40.9 Å². The normalized spacial score (nSPS) is 16.8. The summed E-state index contributed by atoms with van der Waals surface area (Å²) in [7, 11) is 0. The molecule has 1 saturated carbocycles. The molecule has 3 heteroatoms. The molecule has 1 aliphatic carbocycles. The lowest BCUT2D eigenvalue weighted by Crippen LogP contribution is -1.99. The highest BCUT2D eigenvalue weighted by molar-refractivity contribution is 5.42. The maximum absolute atomic E-state index is 5.39. The summed E-state index contributed by atoms with van der Waals surface area (Å²) in [5, 5.41) is 7.42. The molecular weight excluding hydrogens is 212 g/mol. The zero-order chi connectivity index (χ0) is 11.7. The smallest absolute Gasteiger partial charge is 0.142 e. The molecule has 1 N–H and O–H groups in total. The zero-order valence-corrected chi connectivity index (χ0v) is 9.94. The predicted octanol–water partition coefficient (Wildman–Crippen LogP) is 3.34. The van der Waals surface area contributed by atoms with Crippen LogP contribution >= 0.6 is 0 Å². The fourth-order valence-corrected chi connectivity index (χ4v) is 1.86. The highest BCUT2D eigenvalue weighted by Gasteiger charge is 2.42. The van der Waals surface area contributed by atoms with Crippen molar-refractivity contribution in [3.8, 4) is 0 Å². The Morgan fingerprint density at radius 2 is 2.06 bits per heavy atom. The molecule has 88 valence electrons. The second-order valence-corrected chi connectivity index (χ2v) is 4.96. The molecule has 0 radical (unpaired) electrons. The predicted molar refractivity (Wildman–Crippen MR) is 66.9 cm³/mol. The maximum atomic E-state index is 5.39. The van der Waals surface area contributed by atoms with Gasteiger partial charge in [0.2, 0.25) is 0 Å². The molecule has 0 unspecified atom stereocenters. The first-order chi connectivity index (χ1) is 8.26. The summed E-state index contributed by atoms with van der Waals surface area (Å²) in [6.07, 6.45) is 2.43. The largest absolute Gasteiger partial charge is 0.379 e.